The first-order valence-corrected chi connectivity index (χ1v) is 7.18. The molecular weight excluding hydrogens is 252 g/mol. The third kappa shape index (κ3) is 2.22. The first-order valence-electron chi connectivity index (χ1n) is 7.18. The van der Waals surface area contributed by atoms with Gasteiger partial charge in [0.05, 0.1) is 6.10 Å². The van der Waals surface area contributed by atoms with Gasteiger partial charge in [0.15, 0.2) is 11.6 Å². The van der Waals surface area contributed by atoms with Crippen LogP contribution in [0.3, 0.4) is 0 Å². The van der Waals surface area contributed by atoms with Gasteiger partial charge in [-0.1, -0.05) is 24.3 Å². The molecule has 0 amide bonds. The van der Waals surface area contributed by atoms with E-state index in [4.69, 9.17) is 4.74 Å². The van der Waals surface area contributed by atoms with E-state index in [0.29, 0.717) is 28.7 Å². The predicted octanol–water partition coefficient (Wildman–Crippen LogP) is 3.34. The quantitative estimate of drug-likeness (QED) is 0.846. The van der Waals surface area contributed by atoms with E-state index < -0.39 is 0 Å². The van der Waals surface area contributed by atoms with Gasteiger partial charge in [0.25, 0.3) is 0 Å². The molecular formula is C17H18O3. The van der Waals surface area contributed by atoms with E-state index in [0.717, 1.165) is 25.9 Å². The van der Waals surface area contributed by atoms with Crippen molar-refractivity contribution >= 4 is 11.6 Å². The molecule has 3 heteroatoms. The van der Waals surface area contributed by atoms with Crippen LogP contribution < -0.4 is 0 Å². The van der Waals surface area contributed by atoms with Crippen LogP contribution in [-0.2, 0) is 4.74 Å². The number of allylic oxidation sites excluding steroid dienone is 2. The molecule has 0 aromatic heterocycles. The summed E-state index contributed by atoms with van der Waals surface area (Å²) >= 11 is 0. The molecule has 2 aliphatic rings. The summed E-state index contributed by atoms with van der Waals surface area (Å²) < 4.78 is 5.59. The lowest BCUT2D eigenvalue weighted by Gasteiger charge is -2.20. The lowest BCUT2D eigenvalue weighted by molar-refractivity contribution is 0.0946. The molecule has 104 valence electrons. The lowest BCUT2D eigenvalue weighted by Crippen LogP contribution is -2.21. The number of benzene rings is 1. The molecule has 1 fully saturated rings. The standard InChI is InChI=1S/C17H18O3/c1-11-13(9-8-12-5-4-10-20-12)17(19)15-7-3-2-6-14(15)16(11)18/h2-3,6-7,12H,4-5,8-10H2,1H3/t12-/m0/s1. The van der Waals surface area contributed by atoms with E-state index >= 15 is 0 Å². The van der Waals surface area contributed by atoms with E-state index in [-0.39, 0.29) is 17.7 Å². The molecule has 0 N–H and O–H groups in total. The zero-order valence-corrected chi connectivity index (χ0v) is 11.6. The lowest BCUT2D eigenvalue weighted by atomic mass is 9.82. The molecule has 3 nitrogen and oxygen atoms in total. The molecule has 20 heavy (non-hydrogen) atoms. The topological polar surface area (TPSA) is 43.4 Å². The summed E-state index contributed by atoms with van der Waals surface area (Å²) in [4.78, 5) is 24.9. The summed E-state index contributed by atoms with van der Waals surface area (Å²) in [6, 6.07) is 7.08. The third-order valence-corrected chi connectivity index (χ3v) is 4.22. The van der Waals surface area contributed by atoms with Crippen molar-refractivity contribution in [1.82, 2.24) is 0 Å². The number of fused-ring (bicyclic) bond motifs is 1. The second kappa shape index (κ2) is 5.33. The van der Waals surface area contributed by atoms with Crippen molar-refractivity contribution in [3.63, 3.8) is 0 Å². The number of ketones is 2. The van der Waals surface area contributed by atoms with Crippen molar-refractivity contribution in [2.45, 2.75) is 38.7 Å². The average Bonchev–Trinajstić information content (AvgIpc) is 2.98. The molecule has 0 saturated carbocycles. The van der Waals surface area contributed by atoms with E-state index in [1.807, 2.05) is 6.07 Å². The SMILES string of the molecule is CC1=C(CC[C@@H]2CCCO2)C(=O)c2ccccc2C1=O. The molecule has 3 rings (SSSR count). The predicted molar refractivity (Wildman–Crippen MR) is 76.0 cm³/mol. The molecule has 1 heterocycles. The van der Waals surface area contributed by atoms with Gasteiger partial charge in [-0.15, -0.1) is 0 Å². The second-order valence-electron chi connectivity index (χ2n) is 5.48. The molecule has 1 saturated heterocycles. The van der Waals surface area contributed by atoms with Crippen LogP contribution in [0.25, 0.3) is 0 Å². The Labute approximate surface area is 118 Å². The van der Waals surface area contributed by atoms with Gasteiger partial charge in [-0.25, -0.2) is 0 Å². The summed E-state index contributed by atoms with van der Waals surface area (Å²) in [5.74, 6) is -0.00163. The number of Topliss-reactive ketones (excluding diaryl/α,β-unsaturated/α-hetero) is 2. The van der Waals surface area contributed by atoms with Crippen LogP contribution in [0, 0.1) is 0 Å². The van der Waals surface area contributed by atoms with Crippen LogP contribution in [-0.4, -0.2) is 24.3 Å². The Hall–Kier alpha value is -1.74. The maximum atomic E-state index is 12.5. The van der Waals surface area contributed by atoms with Crippen molar-refractivity contribution in [2.24, 2.45) is 0 Å². The first-order chi connectivity index (χ1) is 9.68. The number of hydrogen-bond donors (Lipinski definition) is 0. The maximum absolute atomic E-state index is 12.5. The van der Waals surface area contributed by atoms with E-state index in [9.17, 15) is 9.59 Å². The van der Waals surface area contributed by atoms with Gasteiger partial charge in [-0.05, 0) is 32.6 Å². The molecule has 0 radical (unpaired) electrons. The smallest absolute Gasteiger partial charge is 0.190 e. The van der Waals surface area contributed by atoms with Crippen LogP contribution in [0.4, 0.5) is 0 Å². The largest absolute Gasteiger partial charge is 0.378 e. The van der Waals surface area contributed by atoms with E-state index in [2.05, 4.69) is 0 Å². The average molecular weight is 270 g/mol. The van der Waals surface area contributed by atoms with Crippen molar-refractivity contribution in [1.29, 1.82) is 0 Å². The summed E-state index contributed by atoms with van der Waals surface area (Å²) in [5.41, 5.74) is 2.36. The van der Waals surface area contributed by atoms with Crippen molar-refractivity contribution in [3.8, 4) is 0 Å². The Morgan fingerprint density at radius 2 is 1.85 bits per heavy atom. The number of rotatable bonds is 3. The zero-order chi connectivity index (χ0) is 14.1. The van der Waals surface area contributed by atoms with Gasteiger partial charge in [0, 0.05) is 28.9 Å². The molecule has 1 aliphatic carbocycles. The number of hydrogen-bond acceptors (Lipinski definition) is 3. The van der Waals surface area contributed by atoms with Gasteiger partial charge in [0.2, 0.25) is 0 Å². The highest BCUT2D eigenvalue weighted by Gasteiger charge is 2.29. The monoisotopic (exact) mass is 270 g/mol. The zero-order valence-electron chi connectivity index (χ0n) is 11.6. The Morgan fingerprint density at radius 3 is 2.50 bits per heavy atom. The highest BCUT2D eigenvalue weighted by Crippen LogP contribution is 2.30. The second-order valence-corrected chi connectivity index (χ2v) is 5.48. The highest BCUT2D eigenvalue weighted by molar-refractivity contribution is 6.26. The minimum atomic E-state index is -0.0115. The molecule has 0 spiro atoms. The summed E-state index contributed by atoms with van der Waals surface area (Å²) in [5, 5.41) is 0. The van der Waals surface area contributed by atoms with E-state index in [1.165, 1.54) is 0 Å². The van der Waals surface area contributed by atoms with Crippen LogP contribution in [0.1, 0.15) is 53.3 Å². The molecule has 0 bridgehead atoms. The molecule has 1 atom stereocenters. The van der Waals surface area contributed by atoms with Crippen LogP contribution >= 0.6 is 0 Å². The Morgan fingerprint density at radius 1 is 1.15 bits per heavy atom. The Bertz CT molecular complexity index is 592. The van der Waals surface area contributed by atoms with Gasteiger partial charge in [-0.2, -0.15) is 0 Å². The van der Waals surface area contributed by atoms with Gasteiger partial charge >= 0.3 is 0 Å². The number of carbonyl (C=O) groups excluding carboxylic acids is 2. The minimum Gasteiger partial charge on any atom is -0.378 e. The van der Waals surface area contributed by atoms with Crippen LogP contribution in [0.15, 0.2) is 35.4 Å². The normalized spacial score (nSPS) is 22.4. The molecule has 1 aromatic rings. The fourth-order valence-electron chi connectivity index (χ4n) is 3.03. The highest BCUT2D eigenvalue weighted by atomic mass is 16.5. The minimum absolute atomic E-state index is 0.00990. The van der Waals surface area contributed by atoms with E-state index in [1.54, 1.807) is 25.1 Å². The number of ether oxygens (including phenoxy) is 1. The first kappa shape index (κ1) is 13.3. The van der Waals surface area contributed by atoms with Crippen molar-refractivity contribution in [2.75, 3.05) is 6.61 Å². The Balaban J connectivity index is 1.85. The maximum Gasteiger partial charge on any atom is 0.190 e. The summed E-state index contributed by atoms with van der Waals surface area (Å²) in [6.45, 7) is 2.58. The van der Waals surface area contributed by atoms with Crippen molar-refractivity contribution < 1.29 is 14.3 Å². The molecule has 1 aromatic carbocycles. The Kier molecular flexibility index (Phi) is 3.53. The fourth-order valence-corrected chi connectivity index (χ4v) is 3.03. The number of carbonyl (C=O) groups is 2. The third-order valence-electron chi connectivity index (χ3n) is 4.22. The molecule has 0 unspecified atom stereocenters. The summed E-state index contributed by atoms with van der Waals surface area (Å²) in [6.07, 6.45) is 3.86. The van der Waals surface area contributed by atoms with Gasteiger partial charge < -0.3 is 4.74 Å². The summed E-state index contributed by atoms with van der Waals surface area (Å²) in [7, 11) is 0. The van der Waals surface area contributed by atoms with Crippen molar-refractivity contribution in [3.05, 3.63) is 46.5 Å². The van der Waals surface area contributed by atoms with Crippen LogP contribution in [0.5, 0.6) is 0 Å². The van der Waals surface area contributed by atoms with Gasteiger partial charge in [-0.3, -0.25) is 9.59 Å². The fraction of sp³-hybridized carbons (Fsp3) is 0.412. The van der Waals surface area contributed by atoms with Gasteiger partial charge in [0.1, 0.15) is 0 Å². The van der Waals surface area contributed by atoms with Crippen LogP contribution in [0.2, 0.25) is 0 Å². The molecule has 1 aliphatic heterocycles.